The standard InChI is InChI=1S/C16H28O9/c1-5-23-15(18)8-16(21-4)7-12(20-3)6-13(25-16)14(9-22-10-17)24-11-19-2/h10,12-14H,5-9,11H2,1-4H3/t12-,13-,14-,16+/m1/s1. The fourth-order valence-electron chi connectivity index (χ4n) is 2.77. The molecule has 1 aliphatic rings. The smallest absolute Gasteiger partial charge is 0.311 e. The van der Waals surface area contributed by atoms with Crippen LogP contribution < -0.4 is 0 Å². The van der Waals surface area contributed by atoms with Crippen LogP contribution in [0, 0.1) is 0 Å². The molecule has 9 heteroatoms. The van der Waals surface area contributed by atoms with Crippen LogP contribution >= 0.6 is 0 Å². The molecule has 0 aromatic heterocycles. The molecule has 0 radical (unpaired) electrons. The Morgan fingerprint density at radius 3 is 2.68 bits per heavy atom. The topological polar surface area (TPSA) is 98.8 Å². The largest absolute Gasteiger partial charge is 0.466 e. The lowest BCUT2D eigenvalue weighted by Crippen LogP contribution is -2.54. The number of rotatable bonds is 12. The molecule has 0 amide bonds. The number of methoxy groups -OCH3 is 3. The van der Waals surface area contributed by atoms with E-state index in [9.17, 15) is 9.59 Å². The first-order valence-corrected chi connectivity index (χ1v) is 8.11. The maximum absolute atomic E-state index is 11.9. The zero-order valence-corrected chi connectivity index (χ0v) is 15.2. The summed E-state index contributed by atoms with van der Waals surface area (Å²) in [5.74, 6) is -1.63. The van der Waals surface area contributed by atoms with E-state index in [2.05, 4.69) is 0 Å². The molecule has 0 spiro atoms. The first kappa shape index (κ1) is 21.8. The van der Waals surface area contributed by atoms with Gasteiger partial charge in [0.2, 0.25) is 0 Å². The molecule has 0 unspecified atom stereocenters. The first-order chi connectivity index (χ1) is 12.0. The summed E-state index contributed by atoms with van der Waals surface area (Å²) in [6.07, 6.45) is -0.581. The van der Waals surface area contributed by atoms with E-state index in [0.717, 1.165) is 0 Å². The van der Waals surface area contributed by atoms with Crippen molar-refractivity contribution >= 4 is 12.4 Å². The molecule has 0 N–H and O–H groups in total. The van der Waals surface area contributed by atoms with E-state index in [1.54, 1.807) is 14.0 Å². The molecule has 4 atom stereocenters. The molecular weight excluding hydrogens is 336 g/mol. The van der Waals surface area contributed by atoms with Crippen LogP contribution in [0.25, 0.3) is 0 Å². The van der Waals surface area contributed by atoms with Crippen molar-refractivity contribution in [1.29, 1.82) is 0 Å². The van der Waals surface area contributed by atoms with E-state index in [-0.39, 0.29) is 32.5 Å². The van der Waals surface area contributed by atoms with Crippen molar-refractivity contribution in [3.63, 3.8) is 0 Å². The van der Waals surface area contributed by atoms with Gasteiger partial charge in [0.15, 0.2) is 5.79 Å². The quantitative estimate of drug-likeness (QED) is 0.280. The van der Waals surface area contributed by atoms with Crippen LogP contribution in [0.15, 0.2) is 0 Å². The highest BCUT2D eigenvalue weighted by atomic mass is 16.7. The average molecular weight is 364 g/mol. The van der Waals surface area contributed by atoms with Crippen molar-refractivity contribution in [2.45, 2.75) is 50.3 Å². The lowest BCUT2D eigenvalue weighted by atomic mass is 9.93. The predicted molar refractivity (Wildman–Crippen MR) is 84.7 cm³/mol. The lowest BCUT2D eigenvalue weighted by Gasteiger charge is -2.44. The van der Waals surface area contributed by atoms with Crippen LogP contribution in [0.5, 0.6) is 0 Å². The minimum atomic E-state index is -1.20. The van der Waals surface area contributed by atoms with Crippen molar-refractivity contribution in [2.75, 3.05) is 41.3 Å². The second-order valence-electron chi connectivity index (χ2n) is 5.59. The average Bonchev–Trinajstić information content (AvgIpc) is 2.61. The number of hydrogen-bond acceptors (Lipinski definition) is 9. The number of carbonyl (C=O) groups is 2. The van der Waals surface area contributed by atoms with E-state index in [1.807, 2.05) is 0 Å². The zero-order chi connectivity index (χ0) is 18.7. The van der Waals surface area contributed by atoms with Crippen molar-refractivity contribution in [1.82, 2.24) is 0 Å². The van der Waals surface area contributed by atoms with Crippen molar-refractivity contribution < 1.29 is 42.7 Å². The Bertz CT molecular complexity index is 403. The van der Waals surface area contributed by atoms with Gasteiger partial charge in [0.25, 0.3) is 6.47 Å². The van der Waals surface area contributed by atoms with Gasteiger partial charge in [0.1, 0.15) is 19.5 Å². The fourth-order valence-corrected chi connectivity index (χ4v) is 2.77. The van der Waals surface area contributed by atoms with Crippen LogP contribution in [0.4, 0.5) is 0 Å². The van der Waals surface area contributed by atoms with Crippen LogP contribution in [0.2, 0.25) is 0 Å². The Balaban J connectivity index is 2.92. The van der Waals surface area contributed by atoms with Gasteiger partial charge in [-0.15, -0.1) is 0 Å². The van der Waals surface area contributed by atoms with Crippen LogP contribution in [0.3, 0.4) is 0 Å². The summed E-state index contributed by atoms with van der Waals surface area (Å²) >= 11 is 0. The summed E-state index contributed by atoms with van der Waals surface area (Å²) in [6.45, 7) is 2.31. The third kappa shape index (κ3) is 6.87. The minimum absolute atomic E-state index is 0.00223. The summed E-state index contributed by atoms with van der Waals surface area (Å²) < 4.78 is 37.3. The van der Waals surface area contributed by atoms with Crippen LogP contribution in [-0.4, -0.2) is 77.9 Å². The van der Waals surface area contributed by atoms with Gasteiger partial charge in [-0.2, -0.15) is 0 Å². The Morgan fingerprint density at radius 2 is 2.12 bits per heavy atom. The molecule has 146 valence electrons. The second kappa shape index (κ2) is 11.4. The summed E-state index contributed by atoms with van der Waals surface area (Å²) in [6, 6.07) is 0. The van der Waals surface area contributed by atoms with Crippen molar-refractivity contribution in [3.8, 4) is 0 Å². The summed E-state index contributed by atoms with van der Waals surface area (Å²) in [7, 11) is 4.52. The van der Waals surface area contributed by atoms with Gasteiger partial charge in [-0.3, -0.25) is 9.59 Å². The highest BCUT2D eigenvalue weighted by Gasteiger charge is 2.46. The Labute approximate surface area is 147 Å². The summed E-state index contributed by atoms with van der Waals surface area (Å²) in [4.78, 5) is 22.5. The number of carbonyl (C=O) groups excluding carboxylic acids is 2. The molecular formula is C16H28O9. The minimum Gasteiger partial charge on any atom is -0.466 e. The Morgan fingerprint density at radius 1 is 1.36 bits per heavy atom. The summed E-state index contributed by atoms with van der Waals surface area (Å²) in [5, 5.41) is 0. The Kier molecular flexibility index (Phi) is 9.91. The molecule has 1 fully saturated rings. The lowest BCUT2D eigenvalue weighted by molar-refractivity contribution is -0.309. The highest BCUT2D eigenvalue weighted by Crippen LogP contribution is 2.36. The van der Waals surface area contributed by atoms with E-state index in [4.69, 9.17) is 33.2 Å². The first-order valence-electron chi connectivity index (χ1n) is 8.11. The normalized spacial score (nSPS) is 27.5. The number of hydrogen-bond donors (Lipinski definition) is 0. The van der Waals surface area contributed by atoms with Gasteiger partial charge in [-0.05, 0) is 6.92 Å². The van der Waals surface area contributed by atoms with Gasteiger partial charge in [-0.25, -0.2) is 0 Å². The Hall–Kier alpha value is -1.26. The van der Waals surface area contributed by atoms with E-state index in [0.29, 0.717) is 19.3 Å². The molecule has 0 aliphatic carbocycles. The predicted octanol–water partition coefficient (Wildman–Crippen LogP) is 0.638. The molecule has 1 rings (SSSR count). The molecule has 0 saturated carbocycles. The molecule has 1 aliphatic heterocycles. The monoisotopic (exact) mass is 364 g/mol. The number of ether oxygens (including phenoxy) is 7. The van der Waals surface area contributed by atoms with Gasteiger partial charge in [0, 0.05) is 34.2 Å². The maximum atomic E-state index is 11.9. The van der Waals surface area contributed by atoms with E-state index < -0.39 is 24.0 Å². The molecule has 1 heterocycles. The maximum Gasteiger partial charge on any atom is 0.311 e. The third-order valence-corrected chi connectivity index (χ3v) is 3.97. The van der Waals surface area contributed by atoms with Gasteiger partial charge in [0.05, 0.1) is 25.2 Å². The zero-order valence-electron chi connectivity index (χ0n) is 15.2. The number of esters is 1. The summed E-state index contributed by atoms with van der Waals surface area (Å²) in [5.41, 5.74) is 0. The van der Waals surface area contributed by atoms with Gasteiger partial charge >= 0.3 is 5.97 Å². The van der Waals surface area contributed by atoms with Gasteiger partial charge < -0.3 is 33.2 Å². The molecule has 25 heavy (non-hydrogen) atoms. The van der Waals surface area contributed by atoms with E-state index in [1.165, 1.54) is 14.2 Å². The van der Waals surface area contributed by atoms with E-state index >= 15 is 0 Å². The molecule has 9 nitrogen and oxygen atoms in total. The molecule has 0 aromatic rings. The SMILES string of the molecule is CCOC(=O)C[C@]1(OC)C[C@H](OC)C[C@H]([C@@H](COC=O)OCOC)O1. The fraction of sp³-hybridized carbons (Fsp3) is 0.875. The van der Waals surface area contributed by atoms with Gasteiger partial charge in [-0.1, -0.05) is 0 Å². The van der Waals surface area contributed by atoms with Crippen LogP contribution in [-0.2, 0) is 42.7 Å². The molecule has 0 aromatic carbocycles. The van der Waals surface area contributed by atoms with Crippen molar-refractivity contribution in [2.24, 2.45) is 0 Å². The molecule has 0 bridgehead atoms. The van der Waals surface area contributed by atoms with Crippen LogP contribution in [0.1, 0.15) is 26.2 Å². The third-order valence-electron chi connectivity index (χ3n) is 3.97. The highest BCUT2D eigenvalue weighted by molar-refractivity contribution is 5.70. The molecule has 1 saturated heterocycles. The second-order valence-corrected chi connectivity index (χ2v) is 5.59. The van der Waals surface area contributed by atoms with Crippen molar-refractivity contribution in [3.05, 3.63) is 0 Å².